The molecule has 1 aliphatic rings. The molecule has 1 aliphatic heterocycles. The summed E-state index contributed by atoms with van der Waals surface area (Å²) >= 11 is 0. The summed E-state index contributed by atoms with van der Waals surface area (Å²) in [5, 5.41) is 10.1. The standard InChI is InChI=1S/C15H22O2/c1-11-5-12(2)7-14(6-11)9-15(16)8-13-3-4-17-10-13/h5-7,13,15-16H,3-4,8-10H2,1-2H3. The largest absolute Gasteiger partial charge is 0.393 e. The zero-order chi connectivity index (χ0) is 12.3. The van der Waals surface area contributed by atoms with Gasteiger partial charge < -0.3 is 9.84 Å². The lowest BCUT2D eigenvalue weighted by atomic mass is 9.95. The molecular weight excluding hydrogens is 212 g/mol. The summed E-state index contributed by atoms with van der Waals surface area (Å²) in [5.74, 6) is 0.552. The zero-order valence-electron chi connectivity index (χ0n) is 10.8. The molecule has 0 radical (unpaired) electrons. The first-order valence-electron chi connectivity index (χ1n) is 6.46. The van der Waals surface area contributed by atoms with Gasteiger partial charge in [-0.25, -0.2) is 0 Å². The monoisotopic (exact) mass is 234 g/mol. The highest BCUT2D eigenvalue weighted by Crippen LogP contribution is 2.20. The molecule has 0 saturated carbocycles. The molecular formula is C15H22O2. The highest BCUT2D eigenvalue weighted by atomic mass is 16.5. The van der Waals surface area contributed by atoms with Crippen LogP contribution in [0.3, 0.4) is 0 Å². The summed E-state index contributed by atoms with van der Waals surface area (Å²) < 4.78 is 5.34. The summed E-state index contributed by atoms with van der Waals surface area (Å²) in [6, 6.07) is 6.50. The first kappa shape index (κ1) is 12.6. The van der Waals surface area contributed by atoms with Crippen LogP contribution < -0.4 is 0 Å². The fraction of sp³-hybridized carbons (Fsp3) is 0.600. The average Bonchev–Trinajstić information content (AvgIpc) is 2.67. The van der Waals surface area contributed by atoms with Crippen LogP contribution in [-0.2, 0) is 11.2 Å². The molecule has 94 valence electrons. The minimum Gasteiger partial charge on any atom is -0.393 e. The Hall–Kier alpha value is -0.860. The van der Waals surface area contributed by atoms with Crippen LogP contribution in [0.15, 0.2) is 18.2 Å². The van der Waals surface area contributed by atoms with Crippen LogP contribution in [0, 0.1) is 19.8 Å². The van der Waals surface area contributed by atoms with E-state index in [2.05, 4.69) is 32.0 Å². The number of aryl methyl sites for hydroxylation is 2. The Balaban J connectivity index is 1.90. The molecule has 0 aliphatic carbocycles. The molecule has 1 aromatic rings. The quantitative estimate of drug-likeness (QED) is 0.868. The summed E-state index contributed by atoms with van der Waals surface area (Å²) in [6.07, 6.45) is 2.50. The third-order valence-electron chi connectivity index (χ3n) is 3.38. The molecule has 1 N–H and O–H groups in total. The molecule has 1 saturated heterocycles. The van der Waals surface area contributed by atoms with Crippen molar-refractivity contribution in [2.45, 2.75) is 39.2 Å². The van der Waals surface area contributed by atoms with Gasteiger partial charge in [-0.15, -0.1) is 0 Å². The Kier molecular flexibility index (Phi) is 4.19. The van der Waals surface area contributed by atoms with Gasteiger partial charge >= 0.3 is 0 Å². The van der Waals surface area contributed by atoms with E-state index in [1.807, 2.05) is 0 Å². The first-order chi connectivity index (χ1) is 8.13. The SMILES string of the molecule is Cc1cc(C)cc(CC(O)CC2CCOC2)c1. The molecule has 1 fully saturated rings. The van der Waals surface area contributed by atoms with Gasteiger partial charge in [-0.1, -0.05) is 29.3 Å². The molecule has 0 bridgehead atoms. The minimum absolute atomic E-state index is 0.233. The first-order valence-corrected chi connectivity index (χ1v) is 6.46. The molecule has 2 rings (SSSR count). The van der Waals surface area contributed by atoms with Crippen LogP contribution in [0.2, 0.25) is 0 Å². The van der Waals surface area contributed by atoms with Gasteiger partial charge in [-0.05, 0) is 44.6 Å². The lowest BCUT2D eigenvalue weighted by Crippen LogP contribution is -2.16. The predicted molar refractivity (Wildman–Crippen MR) is 69.2 cm³/mol. The van der Waals surface area contributed by atoms with E-state index in [1.54, 1.807) is 0 Å². The van der Waals surface area contributed by atoms with Crippen molar-refractivity contribution >= 4 is 0 Å². The van der Waals surface area contributed by atoms with E-state index in [0.29, 0.717) is 5.92 Å². The molecule has 2 atom stereocenters. The number of rotatable bonds is 4. The molecule has 0 amide bonds. The molecule has 17 heavy (non-hydrogen) atoms. The molecule has 1 heterocycles. The number of benzene rings is 1. The summed E-state index contributed by atoms with van der Waals surface area (Å²) in [5.41, 5.74) is 3.79. The van der Waals surface area contributed by atoms with Gasteiger partial charge in [0.25, 0.3) is 0 Å². The maximum Gasteiger partial charge on any atom is 0.0584 e. The fourth-order valence-electron chi connectivity index (χ4n) is 2.70. The van der Waals surface area contributed by atoms with E-state index in [9.17, 15) is 5.11 Å². The predicted octanol–water partition coefficient (Wildman–Crippen LogP) is 2.63. The topological polar surface area (TPSA) is 29.5 Å². The van der Waals surface area contributed by atoms with Crippen LogP contribution >= 0.6 is 0 Å². The maximum absolute atomic E-state index is 10.1. The Bertz CT molecular complexity index is 347. The van der Waals surface area contributed by atoms with Gasteiger partial charge in [-0.3, -0.25) is 0 Å². The lowest BCUT2D eigenvalue weighted by molar-refractivity contribution is 0.128. The second-order valence-corrected chi connectivity index (χ2v) is 5.32. The van der Waals surface area contributed by atoms with E-state index in [1.165, 1.54) is 16.7 Å². The highest BCUT2D eigenvalue weighted by molar-refractivity contribution is 5.28. The molecule has 1 aromatic carbocycles. The van der Waals surface area contributed by atoms with E-state index in [4.69, 9.17) is 4.74 Å². The van der Waals surface area contributed by atoms with E-state index in [-0.39, 0.29) is 6.10 Å². The van der Waals surface area contributed by atoms with Crippen molar-refractivity contribution in [3.05, 3.63) is 34.9 Å². The third kappa shape index (κ3) is 3.83. The fourth-order valence-corrected chi connectivity index (χ4v) is 2.70. The smallest absolute Gasteiger partial charge is 0.0584 e. The maximum atomic E-state index is 10.1. The van der Waals surface area contributed by atoms with Crippen molar-refractivity contribution in [1.82, 2.24) is 0 Å². The van der Waals surface area contributed by atoms with Crippen molar-refractivity contribution in [2.75, 3.05) is 13.2 Å². The zero-order valence-corrected chi connectivity index (χ0v) is 10.8. The molecule has 2 heteroatoms. The summed E-state index contributed by atoms with van der Waals surface area (Å²) in [7, 11) is 0. The Morgan fingerprint density at radius 3 is 2.59 bits per heavy atom. The number of aliphatic hydroxyl groups is 1. The Morgan fingerprint density at radius 2 is 2.00 bits per heavy atom. The van der Waals surface area contributed by atoms with E-state index < -0.39 is 0 Å². The second-order valence-electron chi connectivity index (χ2n) is 5.32. The van der Waals surface area contributed by atoms with Crippen LogP contribution in [0.25, 0.3) is 0 Å². The lowest BCUT2D eigenvalue weighted by Gasteiger charge is -2.15. The van der Waals surface area contributed by atoms with Gasteiger partial charge in [0.2, 0.25) is 0 Å². The van der Waals surface area contributed by atoms with Crippen LogP contribution in [0.1, 0.15) is 29.5 Å². The van der Waals surface area contributed by atoms with Crippen molar-refractivity contribution in [1.29, 1.82) is 0 Å². The number of hydrogen-bond acceptors (Lipinski definition) is 2. The number of aliphatic hydroxyl groups excluding tert-OH is 1. The van der Waals surface area contributed by atoms with E-state index >= 15 is 0 Å². The Labute approximate surface area is 104 Å². The minimum atomic E-state index is -0.233. The van der Waals surface area contributed by atoms with Crippen molar-refractivity contribution < 1.29 is 9.84 Å². The van der Waals surface area contributed by atoms with Gasteiger partial charge in [0.05, 0.1) is 6.10 Å². The van der Waals surface area contributed by atoms with Crippen LogP contribution in [-0.4, -0.2) is 24.4 Å². The summed E-state index contributed by atoms with van der Waals surface area (Å²) in [4.78, 5) is 0. The molecule has 0 spiro atoms. The van der Waals surface area contributed by atoms with Crippen LogP contribution in [0.5, 0.6) is 0 Å². The number of ether oxygens (including phenoxy) is 1. The molecule has 0 aromatic heterocycles. The van der Waals surface area contributed by atoms with Gasteiger partial charge in [0.15, 0.2) is 0 Å². The average molecular weight is 234 g/mol. The molecule has 2 unspecified atom stereocenters. The van der Waals surface area contributed by atoms with Crippen molar-refractivity contribution in [3.63, 3.8) is 0 Å². The second kappa shape index (κ2) is 5.65. The summed E-state index contributed by atoms with van der Waals surface area (Å²) in [6.45, 7) is 5.90. The van der Waals surface area contributed by atoms with Crippen LogP contribution in [0.4, 0.5) is 0 Å². The third-order valence-corrected chi connectivity index (χ3v) is 3.38. The van der Waals surface area contributed by atoms with E-state index in [0.717, 1.165) is 32.5 Å². The van der Waals surface area contributed by atoms with Gasteiger partial charge in [0, 0.05) is 13.2 Å². The van der Waals surface area contributed by atoms with Crippen molar-refractivity contribution in [2.24, 2.45) is 5.92 Å². The molecule has 2 nitrogen and oxygen atoms in total. The Morgan fingerprint density at radius 1 is 1.29 bits per heavy atom. The highest BCUT2D eigenvalue weighted by Gasteiger charge is 2.19. The van der Waals surface area contributed by atoms with Gasteiger partial charge in [-0.2, -0.15) is 0 Å². The normalized spacial score (nSPS) is 21.7. The number of hydrogen-bond donors (Lipinski definition) is 1. The van der Waals surface area contributed by atoms with Gasteiger partial charge in [0.1, 0.15) is 0 Å². The van der Waals surface area contributed by atoms with Crippen molar-refractivity contribution in [3.8, 4) is 0 Å².